The molecule has 0 aliphatic rings. The third-order valence-corrected chi connectivity index (χ3v) is 2.76. The zero-order chi connectivity index (χ0) is 15.5. The van der Waals surface area contributed by atoms with Crippen LogP contribution >= 0.6 is 0 Å². The summed E-state index contributed by atoms with van der Waals surface area (Å²) in [5, 5.41) is 8.39. The average molecular weight is 285 g/mol. The highest BCUT2D eigenvalue weighted by atomic mass is 16.4. The van der Waals surface area contributed by atoms with Gasteiger partial charge in [-0.05, 0) is 30.5 Å². The lowest BCUT2D eigenvalue weighted by molar-refractivity contribution is -0.137. The summed E-state index contributed by atoms with van der Waals surface area (Å²) < 4.78 is 0. The van der Waals surface area contributed by atoms with Gasteiger partial charge in [0.2, 0.25) is 5.91 Å². The number of carbonyl (C=O) groups excluding carboxylic acids is 1. The number of carboxylic acids is 1. The number of carbonyl (C=O) groups is 2. The lowest BCUT2D eigenvalue weighted by atomic mass is 10.1. The molecule has 0 saturated carbocycles. The van der Waals surface area contributed by atoms with Gasteiger partial charge in [-0.2, -0.15) is 0 Å². The molecule has 2 rings (SSSR count). The van der Waals surface area contributed by atoms with E-state index >= 15 is 0 Å². The van der Waals surface area contributed by atoms with Gasteiger partial charge in [0.05, 0.1) is 0 Å². The predicted molar refractivity (Wildman–Crippen MR) is 82.0 cm³/mol. The zero-order valence-corrected chi connectivity index (χ0v) is 11.7. The summed E-state index contributed by atoms with van der Waals surface area (Å²) in [6, 6.07) is 18.7. The van der Waals surface area contributed by atoms with E-state index in [1.807, 2.05) is 36.4 Å². The van der Waals surface area contributed by atoms with Crippen LogP contribution in [0.1, 0.15) is 28.8 Å². The fourth-order valence-electron chi connectivity index (χ4n) is 1.69. The van der Waals surface area contributed by atoms with Crippen LogP contribution in [0.15, 0.2) is 60.7 Å². The molecular formula is C17H19NO3. The second-order valence-electron chi connectivity index (χ2n) is 4.46. The summed E-state index contributed by atoms with van der Waals surface area (Å²) in [5.41, 5.74) is 6.74. The Balaban J connectivity index is 0.000000219. The SMILES string of the molecule is NC(=O)c1ccccc1.O=C(O)CCCc1ccccc1. The number of carboxylic acid groups (broad SMARTS) is 1. The highest BCUT2D eigenvalue weighted by Crippen LogP contribution is 2.03. The van der Waals surface area contributed by atoms with Crippen molar-refractivity contribution < 1.29 is 14.7 Å². The summed E-state index contributed by atoms with van der Waals surface area (Å²) in [6.45, 7) is 0. The summed E-state index contributed by atoms with van der Waals surface area (Å²) in [4.78, 5) is 20.6. The van der Waals surface area contributed by atoms with Crippen molar-refractivity contribution in [2.24, 2.45) is 5.73 Å². The molecule has 0 aromatic heterocycles. The van der Waals surface area contributed by atoms with Crippen molar-refractivity contribution in [1.82, 2.24) is 0 Å². The van der Waals surface area contributed by atoms with Gasteiger partial charge in [0.25, 0.3) is 0 Å². The smallest absolute Gasteiger partial charge is 0.303 e. The molecule has 110 valence electrons. The van der Waals surface area contributed by atoms with Crippen LogP contribution in [-0.2, 0) is 11.2 Å². The van der Waals surface area contributed by atoms with Gasteiger partial charge in [-0.1, -0.05) is 48.5 Å². The molecule has 1 amide bonds. The van der Waals surface area contributed by atoms with Gasteiger partial charge >= 0.3 is 5.97 Å². The number of nitrogens with two attached hydrogens (primary N) is 1. The van der Waals surface area contributed by atoms with E-state index in [2.05, 4.69) is 0 Å². The molecule has 0 spiro atoms. The lowest BCUT2D eigenvalue weighted by Crippen LogP contribution is -2.09. The molecule has 0 radical (unpaired) electrons. The fourth-order valence-corrected chi connectivity index (χ4v) is 1.69. The third kappa shape index (κ3) is 7.52. The number of hydrogen-bond donors (Lipinski definition) is 2. The molecule has 4 heteroatoms. The van der Waals surface area contributed by atoms with Crippen LogP contribution in [0.4, 0.5) is 0 Å². The first kappa shape index (κ1) is 16.4. The van der Waals surface area contributed by atoms with E-state index in [-0.39, 0.29) is 12.3 Å². The Hall–Kier alpha value is -2.62. The lowest BCUT2D eigenvalue weighted by Gasteiger charge is -1.97. The van der Waals surface area contributed by atoms with E-state index < -0.39 is 5.97 Å². The molecule has 0 heterocycles. The van der Waals surface area contributed by atoms with Crippen molar-refractivity contribution in [2.45, 2.75) is 19.3 Å². The molecule has 0 atom stereocenters. The molecular weight excluding hydrogens is 266 g/mol. The van der Waals surface area contributed by atoms with Crippen molar-refractivity contribution >= 4 is 11.9 Å². The third-order valence-electron chi connectivity index (χ3n) is 2.76. The van der Waals surface area contributed by atoms with E-state index in [4.69, 9.17) is 10.8 Å². The summed E-state index contributed by atoms with van der Waals surface area (Å²) in [6.07, 6.45) is 1.83. The minimum Gasteiger partial charge on any atom is -0.481 e. The van der Waals surface area contributed by atoms with Crippen LogP contribution in [0.2, 0.25) is 0 Å². The van der Waals surface area contributed by atoms with Crippen molar-refractivity contribution in [2.75, 3.05) is 0 Å². The summed E-state index contributed by atoms with van der Waals surface area (Å²) >= 11 is 0. The van der Waals surface area contributed by atoms with Crippen LogP contribution in [0.25, 0.3) is 0 Å². The minimum absolute atomic E-state index is 0.259. The molecule has 2 aromatic rings. The maximum Gasteiger partial charge on any atom is 0.303 e. The highest BCUT2D eigenvalue weighted by molar-refractivity contribution is 5.92. The second kappa shape index (κ2) is 9.31. The Morgan fingerprint density at radius 1 is 0.905 bits per heavy atom. The summed E-state index contributed by atoms with van der Waals surface area (Å²) in [7, 11) is 0. The molecule has 0 unspecified atom stereocenters. The van der Waals surface area contributed by atoms with Gasteiger partial charge in [-0.3, -0.25) is 9.59 Å². The van der Waals surface area contributed by atoms with E-state index in [1.54, 1.807) is 24.3 Å². The molecule has 0 aliphatic carbocycles. The van der Waals surface area contributed by atoms with Crippen LogP contribution in [0, 0.1) is 0 Å². The first-order valence-corrected chi connectivity index (χ1v) is 6.70. The Kier molecular flexibility index (Phi) is 7.29. The van der Waals surface area contributed by atoms with Gasteiger partial charge in [-0.25, -0.2) is 0 Å². The topological polar surface area (TPSA) is 80.4 Å². The van der Waals surface area contributed by atoms with E-state index in [9.17, 15) is 9.59 Å². The number of amides is 1. The van der Waals surface area contributed by atoms with Crippen LogP contribution in [0.5, 0.6) is 0 Å². The molecule has 4 nitrogen and oxygen atoms in total. The Labute approximate surface area is 124 Å². The quantitative estimate of drug-likeness (QED) is 0.886. The van der Waals surface area contributed by atoms with Crippen LogP contribution < -0.4 is 5.73 Å². The first-order chi connectivity index (χ1) is 10.1. The zero-order valence-electron chi connectivity index (χ0n) is 11.7. The molecule has 21 heavy (non-hydrogen) atoms. The average Bonchev–Trinajstić information content (AvgIpc) is 2.49. The van der Waals surface area contributed by atoms with E-state index in [1.165, 1.54) is 5.56 Å². The fraction of sp³-hybridized carbons (Fsp3) is 0.176. The van der Waals surface area contributed by atoms with Crippen molar-refractivity contribution in [1.29, 1.82) is 0 Å². The summed E-state index contributed by atoms with van der Waals surface area (Å²) in [5.74, 6) is -1.10. The second-order valence-corrected chi connectivity index (χ2v) is 4.46. The van der Waals surface area contributed by atoms with Gasteiger partial charge in [0.15, 0.2) is 0 Å². The maximum absolute atomic E-state index is 10.4. The predicted octanol–water partition coefficient (Wildman–Crippen LogP) is 2.88. The Morgan fingerprint density at radius 3 is 1.86 bits per heavy atom. The number of aliphatic carboxylic acids is 1. The first-order valence-electron chi connectivity index (χ1n) is 6.70. The van der Waals surface area contributed by atoms with Gasteiger partial charge in [0.1, 0.15) is 0 Å². The normalized spacial score (nSPS) is 9.33. The molecule has 0 saturated heterocycles. The molecule has 0 aliphatic heterocycles. The molecule has 0 bridgehead atoms. The van der Waals surface area contributed by atoms with Gasteiger partial charge in [0, 0.05) is 12.0 Å². The number of rotatable bonds is 5. The molecule has 2 aromatic carbocycles. The highest BCUT2D eigenvalue weighted by Gasteiger charge is 1.96. The van der Waals surface area contributed by atoms with Gasteiger partial charge < -0.3 is 10.8 Å². The number of aryl methyl sites for hydroxylation is 1. The number of benzene rings is 2. The monoisotopic (exact) mass is 285 g/mol. The van der Waals surface area contributed by atoms with Crippen molar-refractivity contribution in [3.05, 3.63) is 71.8 Å². The van der Waals surface area contributed by atoms with E-state index in [0.29, 0.717) is 5.56 Å². The molecule has 3 N–H and O–H groups in total. The van der Waals surface area contributed by atoms with Crippen LogP contribution in [-0.4, -0.2) is 17.0 Å². The Bertz CT molecular complexity index is 553. The number of primary amides is 1. The van der Waals surface area contributed by atoms with Crippen LogP contribution in [0.3, 0.4) is 0 Å². The minimum atomic E-state index is -0.717. The maximum atomic E-state index is 10.4. The standard InChI is InChI=1S/C10H12O2.C7H7NO/c11-10(12)8-4-7-9-5-2-1-3-6-9;8-7(9)6-4-2-1-3-5-6/h1-3,5-6H,4,7-8H2,(H,11,12);1-5H,(H2,8,9). The largest absolute Gasteiger partial charge is 0.481 e. The Morgan fingerprint density at radius 2 is 1.43 bits per heavy atom. The van der Waals surface area contributed by atoms with E-state index in [0.717, 1.165) is 12.8 Å². The van der Waals surface area contributed by atoms with Crippen molar-refractivity contribution in [3.8, 4) is 0 Å². The van der Waals surface area contributed by atoms with Crippen molar-refractivity contribution in [3.63, 3.8) is 0 Å². The number of hydrogen-bond acceptors (Lipinski definition) is 2. The van der Waals surface area contributed by atoms with Gasteiger partial charge in [-0.15, -0.1) is 0 Å². The molecule has 0 fully saturated rings.